The molecule has 1 aromatic heterocycles. The number of nitrogens with one attached hydrogen (secondary N) is 2. The Bertz CT molecular complexity index is 1680. The molecule has 0 unspecified atom stereocenters. The van der Waals surface area contributed by atoms with E-state index < -0.39 is 41.0 Å². The largest absolute Gasteiger partial charge is 0.496 e. The number of carbonyl (C=O) groups excluding carboxylic acids is 2. The third-order valence-corrected chi connectivity index (χ3v) is 6.78. The Morgan fingerprint density at radius 1 is 1.00 bits per heavy atom. The van der Waals surface area contributed by atoms with Crippen molar-refractivity contribution in [3.63, 3.8) is 0 Å². The summed E-state index contributed by atoms with van der Waals surface area (Å²) in [7, 11) is 3.07. The number of aliphatic carboxylic acids is 1. The maximum absolute atomic E-state index is 14.7. The summed E-state index contributed by atoms with van der Waals surface area (Å²) in [6.45, 7) is 3.95. The normalized spacial score (nSPS) is 11.6. The molecule has 2 amide bonds. The minimum absolute atomic E-state index is 0.185. The van der Waals surface area contributed by atoms with Crippen LogP contribution in [0.4, 0.5) is 14.5 Å². The summed E-state index contributed by atoms with van der Waals surface area (Å²) in [6.07, 6.45) is 1.36. The van der Waals surface area contributed by atoms with Gasteiger partial charge in [-0.2, -0.15) is 0 Å². The molecule has 0 aliphatic rings. The average Bonchev–Trinajstić information content (AvgIpc) is 2.98. The molecule has 3 aromatic carbocycles. The van der Waals surface area contributed by atoms with E-state index in [0.29, 0.717) is 52.3 Å². The third-order valence-electron chi connectivity index (χ3n) is 6.78. The molecular weight excluding hydrogens is 576 g/mol. The number of hydrogen-bond donors (Lipinski definition) is 3. The smallest absolute Gasteiger partial charge is 0.326 e. The zero-order valence-corrected chi connectivity index (χ0v) is 24.5. The summed E-state index contributed by atoms with van der Waals surface area (Å²) in [5.74, 6) is -4.72. The first-order chi connectivity index (χ1) is 21.1. The van der Waals surface area contributed by atoms with Gasteiger partial charge in [-0.1, -0.05) is 18.2 Å². The van der Waals surface area contributed by atoms with Gasteiger partial charge >= 0.3 is 5.97 Å². The molecule has 10 nitrogen and oxygen atoms in total. The van der Waals surface area contributed by atoms with E-state index in [9.17, 15) is 28.3 Å². The molecule has 4 rings (SSSR count). The van der Waals surface area contributed by atoms with Crippen molar-refractivity contribution >= 4 is 34.4 Å². The summed E-state index contributed by atoms with van der Waals surface area (Å²) < 4.78 is 46.3. The van der Waals surface area contributed by atoms with Gasteiger partial charge in [0.15, 0.2) is 0 Å². The second-order valence-electron chi connectivity index (χ2n) is 9.75. The molecule has 1 heterocycles. The number of ether oxygens (including phenoxy) is 3. The van der Waals surface area contributed by atoms with E-state index in [1.165, 1.54) is 14.2 Å². The number of amides is 2. The zero-order valence-electron chi connectivity index (χ0n) is 24.5. The number of halogens is 2. The quantitative estimate of drug-likeness (QED) is 0.202. The van der Waals surface area contributed by atoms with E-state index >= 15 is 0 Å². The number of rotatable bonds is 12. The molecule has 0 fully saturated rings. The van der Waals surface area contributed by atoms with Gasteiger partial charge in [-0.05, 0) is 48.4 Å². The Kier molecular flexibility index (Phi) is 10.1. The highest BCUT2D eigenvalue weighted by atomic mass is 19.1. The third kappa shape index (κ3) is 6.92. The fourth-order valence-corrected chi connectivity index (χ4v) is 4.86. The van der Waals surface area contributed by atoms with Crippen LogP contribution in [0.5, 0.6) is 11.5 Å². The number of methoxy groups -OCH3 is 2. The standard InChI is InChI=1S/C32H31F2N3O7/c1-5-44-16-18-11-26(42-3)28(27(12-18)43-4)22-9-8-19(21-7-6-10-35-30(21)22)13-25(32(40)41)37-31(39)29-23(33)14-20(15-24(29)34)36-17(2)38/h6-12,14-15,25H,5,13,16H2,1-4H3,(H,36,38)(H,37,39)(H,40,41)/t25-/m0/s1. The van der Waals surface area contributed by atoms with E-state index in [1.807, 2.05) is 19.1 Å². The van der Waals surface area contributed by atoms with Crippen LogP contribution in [-0.2, 0) is 27.4 Å². The number of carbonyl (C=O) groups is 3. The van der Waals surface area contributed by atoms with E-state index in [1.54, 1.807) is 30.5 Å². The Morgan fingerprint density at radius 2 is 1.66 bits per heavy atom. The number of carboxylic acid groups (broad SMARTS) is 1. The van der Waals surface area contributed by atoms with Gasteiger partial charge in [-0.25, -0.2) is 13.6 Å². The Labute approximate surface area is 252 Å². The SMILES string of the molecule is CCOCc1cc(OC)c(-c2ccc(C[C@H](NC(=O)c3c(F)cc(NC(C)=O)cc3F)C(=O)O)c3cccnc23)c(OC)c1. The lowest BCUT2D eigenvalue weighted by atomic mass is 9.93. The van der Waals surface area contributed by atoms with Crippen LogP contribution >= 0.6 is 0 Å². The minimum atomic E-state index is -1.55. The van der Waals surface area contributed by atoms with Crippen molar-refractivity contribution in [2.45, 2.75) is 32.9 Å². The molecule has 0 aliphatic carbocycles. The van der Waals surface area contributed by atoms with Crippen LogP contribution < -0.4 is 20.1 Å². The van der Waals surface area contributed by atoms with Crippen LogP contribution in [-0.4, -0.2) is 54.7 Å². The van der Waals surface area contributed by atoms with E-state index in [4.69, 9.17) is 14.2 Å². The Morgan fingerprint density at radius 3 is 2.23 bits per heavy atom. The first-order valence-electron chi connectivity index (χ1n) is 13.6. The van der Waals surface area contributed by atoms with Crippen molar-refractivity contribution in [3.8, 4) is 22.6 Å². The lowest BCUT2D eigenvalue weighted by molar-refractivity contribution is -0.139. The van der Waals surface area contributed by atoms with Gasteiger partial charge in [0.1, 0.15) is 34.7 Å². The molecule has 3 N–H and O–H groups in total. The predicted octanol–water partition coefficient (Wildman–Crippen LogP) is 5.12. The number of anilines is 1. The molecule has 0 aliphatic heterocycles. The van der Waals surface area contributed by atoms with Gasteiger partial charge in [0.25, 0.3) is 5.91 Å². The number of carboxylic acids is 1. The first-order valence-corrected chi connectivity index (χ1v) is 13.6. The lowest BCUT2D eigenvalue weighted by Gasteiger charge is -2.19. The molecule has 44 heavy (non-hydrogen) atoms. The molecule has 1 atom stereocenters. The number of aromatic nitrogens is 1. The predicted molar refractivity (Wildman–Crippen MR) is 159 cm³/mol. The summed E-state index contributed by atoms with van der Waals surface area (Å²) in [6, 6.07) is 10.6. The number of hydrogen-bond acceptors (Lipinski definition) is 7. The van der Waals surface area contributed by atoms with Gasteiger partial charge in [0.2, 0.25) is 5.91 Å². The highest BCUT2D eigenvalue weighted by Gasteiger charge is 2.27. The van der Waals surface area contributed by atoms with E-state index in [2.05, 4.69) is 15.6 Å². The van der Waals surface area contributed by atoms with Crippen LogP contribution in [0.2, 0.25) is 0 Å². The Hall–Kier alpha value is -5.10. The van der Waals surface area contributed by atoms with Crippen molar-refractivity contribution in [1.29, 1.82) is 0 Å². The average molecular weight is 608 g/mol. The van der Waals surface area contributed by atoms with E-state index in [-0.39, 0.29) is 12.1 Å². The summed E-state index contributed by atoms with van der Waals surface area (Å²) in [4.78, 5) is 40.9. The number of nitrogens with zero attached hydrogens (tertiary/aromatic N) is 1. The maximum Gasteiger partial charge on any atom is 0.326 e. The highest BCUT2D eigenvalue weighted by Crippen LogP contribution is 2.43. The van der Waals surface area contributed by atoms with Crippen molar-refractivity contribution in [2.75, 3.05) is 26.1 Å². The molecular formula is C32H31F2N3O7. The second kappa shape index (κ2) is 13.9. The number of fused-ring (bicyclic) bond motifs is 1. The van der Waals surface area contributed by atoms with Crippen molar-refractivity contribution in [2.24, 2.45) is 0 Å². The van der Waals surface area contributed by atoms with Crippen LogP contribution in [0, 0.1) is 11.6 Å². The van der Waals surface area contributed by atoms with Crippen LogP contribution in [0.15, 0.2) is 54.7 Å². The Balaban J connectivity index is 1.71. The molecule has 0 saturated heterocycles. The van der Waals surface area contributed by atoms with Gasteiger partial charge in [-0.15, -0.1) is 0 Å². The number of benzene rings is 3. The zero-order chi connectivity index (χ0) is 32.0. The van der Waals surface area contributed by atoms with Crippen LogP contribution in [0.1, 0.15) is 35.3 Å². The van der Waals surface area contributed by atoms with Gasteiger partial charge in [0.05, 0.1) is 31.9 Å². The maximum atomic E-state index is 14.7. The van der Waals surface area contributed by atoms with E-state index in [0.717, 1.165) is 24.6 Å². The summed E-state index contributed by atoms with van der Waals surface area (Å²) in [5, 5.41) is 15.0. The molecule has 0 saturated carbocycles. The van der Waals surface area contributed by atoms with Crippen molar-refractivity contribution in [3.05, 3.63) is 83.1 Å². The first kappa shape index (κ1) is 31.8. The van der Waals surface area contributed by atoms with Crippen molar-refractivity contribution in [1.82, 2.24) is 10.3 Å². The molecule has 230 valence electrons. The van der Waals surface area contributed by atoms with Crippen LogP contribution in [0.3, 0.4) is 0 Å². The van der Waals surface area contributed by atoms with Gasteiger partial charge < -0.3 is 30.0 Å². The van der Waals surface area contributed by atoms with Crippen molar-refractivity contribution < 1.29 is 42.5 Å². The fraction of sp³-hybridized carbons (Fsp3) is 0.250. The monoisotopic (exact) mass is 607 g/mol. The van der Waals surface area contributed by atoms with Gasteiger partial charge in [-0.3, -0.25) is 14.6 Å². The van der Waals surface area contributed by atoms with Gasteiger partial charge in [0, 0.05) is 42.8 Å². The second-order valence-corrected chi connectivity index (χ2v) is 9.75. The highest BCUT2D eigenvalue weighted by molar-refractivity contribution is 6.00. The summed E-state index contributed by atoms with van der Waals surface area (Å²) in [5.41, 5.74) is 1.99. The van der Waals surface area contributed by atoms with Crippen LogP contribution in [0.25, 0.3) is 22.0 Å². The minimum Gasteiger partial charge on any atom is -0.496 e. The fourth-order valence-electron chi connectivity index (χ4n) is 4.86. The molecule has 0 spiro atoms. The molecule has 0 bridgehead atoms. The molecule has 12 heteroatoms. The number of pyridine rings is 1. The summed E-state index contributed by atoms with van der Waals surface area (Å²) >= 11 is 0. The lowest BCUT2D eigenvalue weighted by Crippen LogP contribution is -2.43. The molecule has 0 radical (unpaired) electrons. The molecule has 4 aromatic rings. The topological polar surface area (TPSA) is 136 Å².